The first-order valence-corrected chi connectivity index (χ1v) is 6.00. The molecule has 0 amide bonds. The molecule has 0 radical (unpaired) electrons. The Bertz CT molecular complexity index is 380. The normalized spacial score (nSPS) is 24.2. The molecule has 0 bridgehead atoms. The van der Waals surface area contributed by atoms with Crippen LogP contribution in [0.25, 0.3) is 0 Å². The highest BCUT2D eigenvalue weighted by Crippen LogP contribution is 2.36. The minimum atomic E-state index is -6.29. The molecule has 0 aromatic rings. The summed E-state index contributed by atoms with van der Waals surface area (Å²) in [5.41, 5.74) is -5.89. The Morgan fingerprint density at radius 2 is 1.72 bits per heavy atom. The van der Waals surface area contributed by atoms with E-state index in [0.717, 1.165) is 0 Å². The third-order valence-corrected chi connectivity index (χ3v) is 3.26. The summed E-state index contributed by atoms with van der Waals surface area (Å²) in [7, 11) is -6.29. The highest BCUT2D eigenvalue weighted by molar-refractivity contribution is 7.87. The first kappa shape index (κ1) is 15.5. The molecule has 108 valence electrons. The monoisotopic (exact) mass is 302 g/mol. The number of rotatable bonds is 3. The van der Waals surface area contributed by atoms with Gasteiger partial charge in [-0.2, -0.15) is 34.8 Å². The molecule has 18 heavy (non-hydrogen) atoms. The smallest absolute Gasteiger partial charge is 0.381 e. The second kappa shape index (κ2) is 4.85. The average Bonchev–Trinajstić information content (AvgIpc) is 2.62. The lowest BCUT2D eigenvalue weighted by molar-refractivity contribution is -0.211. The summed E-state index contributed by atoms with van der Waals surface area (Å²) in [5, 5.41) is 0. The Hall–Kier alpha value is -0.550. The van der Waals surface area contributed by atoms with E-state index in [1.165, 1.54) is 0 Å². The second-order valence-electron chi connectivity index (χ2n) is 3.58. The lowest BCUT2D eigenvalue weighted by Crippen LogP contribution is -2.43. The molecule has 0 saturated carbocycles. The highest BCUT2D eigenvalue weighted by atomic mass is 32.2. The van der Waals surface area contributed by atoms with Gasteiger partial charge in [0.1, 0.15) is 0 Å². The fraction of sp³-hybridized carbons (Fsp3) is 1.00. The molecule has 2 atom stereocenters. The van der Waals surface area contributed by atoms with Crippen LogP contribution in [0.2, 0.25) is 0 Å². The van der Waals surface area contributed by atoms with Crippen molar-refractivity contribution in [2.75, 3.05) is 13.2 Å². The Morgan fingerprint density at radius 1 is 1.17 bits per heavy atom. The summed E-state index contributed by atoms with van der Waals surface area (Å²) in [4.78, 5) is 0. The van der Waals surface area contributed by atoms with Gasteiger partial charge in [0.25, 0.3) is 0 Å². The fourth-order valence-electron chi connectivity index (χ4n) is 1.38. The molecular formula is C7H8F6O4S. The van der Waals surface area contributed by atoms with E-state index in [1.54, 1.807) is 0 Å². The molecule has 1 fully saturated rings. The van der Waals surface area contributed by atoms with E-state index in [0.29, 0.717) is 0 Å². The van der Waals surface area contributed by atoms with Gasteiger partial charge in [0.05, 0.1) is 6.61 Å². The summed E-state index contributed by atoms with van der Waals surface area (Å²) in [6.45, 7) is -0.593. The molecule has 0 aromatic carbocycles. The third-order valence-electron chi connectivity index (χ3n) is 2.23. The van der Waals surface area contributed by atoms with Crippen molar-refractivity contribution in [3.63, 3.8) is 0 Å². The zero-order valence-corrected chi connectivity index (χ0v) is 9.40. The second-order valence-corrected chi connectivity index (χ2v) is 5.15. The maximum Gasteiger partial charge on any atom is 0.523 e. The average molecular weight is 302 g/mol. The standard InChI is InChI=1S/C7H8F6O4S/c8-6(9,10)5(4-1-2-16-3-4)17-18(14,15)7(11,12)13/h4-5H,1-3H2. The number of halogens is 6. The molecule has 0 aromatic heterocycles. The van der Waals surface area contributed by atoms with Crippen LogP contribution in [0.1, 0.15) is 6.42 Å². The summed E-state index contributed by atoms with van der Waals surface area (Å²) >= 11 is 0. The van der Waals surface area contributed by atoms with Gasteiger partial charge in [0, 0.05) is 12.5 Å². The van der Waals surface area contributed by atoms with Crippen molar-refractivity contribution in [3.05, 3.63) is 0 Å². The molecule has 1 aliphatic rings. The van der Waals surface area contributed by atoms with Gasteiger partial charge in [0.15, 0.2) is 6.10 Å². The number of hydrogen-bond acceptors (Lipinski definition) is 4. The molecular weight excluding hydrogens is 294 g/mol. The summed E-state index contributed by atoms with van der Waals surface area (Å²) in [5.74, 6) is -1.47. The summed E-state index contributed by atoms with van der Waals surface area (Å²) < 4.78 is 102. The van der Waals surface area contributed by atoms with E-state index < -0.39 is 40.4 Å². The Balaban J connectivity index is 2.93. The number of ether oxygens (including phenoxy) is 1. The van der Waals surface area contributed by atoms with Crippen LogP contribution in [0.5, 0.6) is 0 Å². The SMILES string of the molecule is O=S(=O)(OC(C1CCOC1)C(F)(F)F)C(F)(F)F. The largest absolute Gasteiger partial charge is 0.523 e. The number of alkyl halides is 6. The van der Waals surface area contributed by atoms with E-state index in [2.05, 4.69) is 8.92 Å². The lowest BCUT2D eigenvalue weighted by atomic mass is 10.0. The van der Waals surface area contributed by atoms with Crippen LogP contribution < -0.4 is 0 Å². The van der Waals surface area contributed by atoms with Gasteiger partial charge in [0.2, 0.25) is 0 Å². The predicted molar refractivity (Wildman–Crippen MR) is 44.8 cm³/mol. The van der Waals surface area contributed by atoms with Crippen molar-refractivity contribution < 1.29 is 43.7 Å². The van der Waals surface area contributed by atoms with Gasteiger partial charge in [-0.15, -0.1) is 0 Å². The molecule has 1 heterocycles. The van der Waals surface area contributed by atoms with Crippen LogP contribution in [0.3, 0.4) is 0 Å². The highest BCUT2D eigenvalue weighted by Gasteiger charge is 2.55. The Labute approximate surface area is 98.0 Å². The summed E-state index contributed by atoms with van der Waals surface area (Å²) in [6, 6.07) is 0. The predicted octanol–water partition coefficient (Wildman–Crippen LogP) is 1.82. The van der Waals surface area contributed by atoms with Gasteiger partial charge in [-0.3, -0.25) is 0 Å². The van der Waals surface area contributed by atoms with Crippen molar-refractivity contribution in [2.45, 2.75) is 24.2 Å². The van der Waals surface area contributed by atoms with Crippen molar-refractivity contribution in [1.82, 2.24) is 0 Å². The summed E-state index contributed by atoms with van der Waals surface area (Å²) in [6.07, 6.45) is -8.50. The third kappa shape index (κ3) is 3.48. The maximum absolute atomic E-state index is 12.5. The van der Waals surface area contributed by atoms with Crippen LogP contribution in [-0.2, 0) is 19.0 Å². The van der Waals surface area contributed by atoms with Crippen molar-refractivity contribution in [3.8, 4) is 0 Å². The Morgan fingerprint density at radius 3 is 2.06 bits per heavy atom. The molecule has 0 aliphatic carbocycles. The van der Waals surface area contributed by atoms with Crippen molar-refractivity contribution in [1.29, 1.82) is 0 Å². The maximum atomic E-state index is 12.5. The zero-order valence-electron chi connectivity index (χ0n) is 8.59. The molecule has 4 nitrogen and oxygen atoms in total. The van der Waals surface area contributed by atoms with Crippen LogP contribution in [0, 0.1) is 5.92 Å². The first-order valence-electron chi connectivity index (χ1n) is 4.59. The number of hydrogen-bond donors (Lipinski definition) is 0. The molecule has 0 N–H and O–H groups in total. The minimum Gasteiger partial charge on any atom is -0.381 e. The van der Waals surface area contributed by atoms with Crippen molar-refractivity contribution >= 4 is 10.1 Å². The van der Waals surface area contributed by atoms with Crippen LogP contribution in [-0.4, -0.2) is 39.4 Å². The van der Waals surface area contributed by atoms with Gasteiger partial charge >= 0.3 is 21.8 Å². The lowest BCUT2D eigenvalue weighted by Gasteiger charge is -2.24. The molecule has 1 saturated heterocycles. The molecule has 1 rings (SSSR count). The fourth-order valence-corrected chi connectivity index (χ4v) is 2.03. The topological polar surface area (TPSA) is 52.6 Å². The van der Waals surface area contributed by atoms with E-state index in [4.69, 9.17) is 0 Å². The van der Waals surface area contributed by atoms with E-state index in [-0.39, 0.29) is 13.0 Å². The molecule has 2 unspecified atom stereocenters. The zero-order chi connectivity index (χ0) is 14.2. The van der Waals surface area contributed by atoms with E-state index in [1.807, 2.05) is 0 Å². The van der Waals surface area contributed by atoms with Gasteiger partial charge < -0.3 is 4.74 Å². The van der Waals surface area contributed by atoms with Crippen LogP contribution in [0.4, 0.5) is 26.3 Å². The van der Waals surface area contributed by atoms with Crippen LogP contribution in [0.15, 0.2) is 0 Å². The van der Waals surface area contributed by atoms with Gasteiger partial charge in [-0.05, 0) is 6.42 Å². The minimum absolute atomic E-state index is 0.0906. The first-order chi connectivity index (χ1) is 7.95. The Kier molecular flexibility index (Phi) is 4.18. The molecule has 0 spiro atoms. The van der Waals surface area contributed by atoms with E-state index >= 15 is 0 Å². The molecule has 1 aliphatic heterocycles. The quantitative estimate of drug-likeness (QED) is 0.453. The molecule has 11 heteroatoms. The van der Waals surface area contributed by atoms with Gasteiger partial charge in [-0.1, -0.05) is 0 Å². The van der Waals surface area contributed by atoms with Gasteiger partial charge in [-0.25, -0.2) is 4.18 Å². The van der Waals surface area contributed by atoms with Crippen molar-refractivity contribution in [2.24, 2.45) is 5.92 Å². The van der Waals surface area contributed by atoms with Crippen LogP contribution >= 0.6 is 0 Å². The van der Waals surface area contributed by atoms with E-state index in [9.17, 15) is 34.8 Å².